The van der Waals surface area contributed by atoms with Crippen LogP contribution in [0.5, 0.6) is 0 Å². The van der Waals surface area contributed by atoms with E-state index in [4.69, 9.17) is 22.2 Å². The van der Waals surface area contributed by atoms with Gasteiger partial charge in [0.25, 0.3) is 0 Å². The Kier molecular flexibility index (Phi) is 6.68. The van der Waals surface area contributed by atoms with Gasteiger partial charge in [-0.1, -0.05) is 19.1 Å². The molecule has 0 rings (SSSR count). The average molecular weight is 214 g/mol. The molecule has 0 aliphatic heterocycles. The van der Waals surface area contributed by atoms with Gasteiger partial charge >= 0.3 is 5.97 Å². The Balaban J connectivity index is 3.93. The van der Waals surface area contributed by atoms with Crippen molar-refractivity contribution in [3.63, 3.8) is 0 Å². The zero-order chi connectivity index (χ0) is 11.0. The maximum atomic E-state index is 11.1. The lowest BCUT2D eigenvalue weighted by atomic mass is 10.4. The van der Waals surface area contributed by atoms with Crippen molar-refractivity contribution in [2.75, 3.05) is 13.2 Å². The summed E-state index contributed by atoms with van der Waals surface area (Å²) >= 11 is 4.90. The first-order chi connectivity index (χ1) is 6.65. The van der Waals surface area contributed by atoms with Gasteiger partial charge in [0.1, 0.15) is 4.99 Å². The normalized spacial score (nSPS) is 8.93. The number of thiocarbonyl (C=S) groups is 1. The Morgan fingerprint density at radius 2 is 2.21 bits per heavy atom. The van der Waals surface area contributed by atoms with Crippen molar-refractivity contribution in [3.8, 4) is 6.19 Å². The Morgan fingerprint density at radius 1 is 1.57 bits per heavy atom. The fraction of sp³-hybridized carbons (Fsp3) is 0.667. The molecule has 0 saturated carbocycles. The second-order valence-electron chi connectivity index (χ2n) is 2.64. The number of rotatable bonds is 5. The predicted molar refractivity (Wildman–Crippen MR) is 56.5 cm³/mol. The summed E-state index contributed by atoms with van der Waals surface area (Å²) in [5.74, 6) is -0.370. The van der Waals surface area contributed by atoms with Crippen molar-refractivity contribution in [1.82, 2.24) is 4.90 Å². The highest BCUT2D eigenvalue weighted by molar-refractivity contribution is 7.80. The van der Waals surface area contributed by atoms with Crippen LogP contribution in [0.15, 0.2) is 0 Å². The van der Waals surface area contributed by atoms with Crippen LogP contribution < -0.4 is 0 Å². The van der Waals surface area contributed by atoms with Crippen molar-refractivity contribution < 1.29 is 9.53 Å². The van der Waals surface area contributed by atoms with Gasteiger partial charge in [-0.2, -0.15) is 5.26 Å². The van der Waals surface area contributed by atoms with Crippen molar-refractivity contribution in [2.24, 2.45) is 0 Å². The van der Waals surface area contributed by atoms with E-state index in [2.05, 4.69) is 0 Å². The zero-order valence-electron chi connectivity index (χ0n) is 8.45. The Morgan fingerprint density at radius 3 is 2.64 bits per heavy atom. The molecule has 0 atom stereocenters. The first-order valence-corrected chi connectivity index (χ1v) is 4.92. The summed E-state index contributed by atoms with van der Waals surface area (Å²) in [4.78, 5) is 12.7. The Hall–Kier alpha value is -1.15. The first kappa shape index (κ1) is 12.8. The van der Waals surface area contributed by atoms with Crippen LogP contribution in [-0.2, 0) is 9.53 Å². The van der Waals surface area contributed by atoms with Crippen LogP contribution in [0.4, 0.5) is 0 Å². The van der Waals surface area contributed by atoms with E-state index in [-0.39, 0.29) is 12.4 Å². The lowest BCUT2D eigenvalue weighted by Gasteiger charge is -2.12. The number of ether oxygens (including phenoxy) is 1. The van der Waals surface area contributed by atoms with Crippen LogP contribution in [0.1, 0.15) is 26.7 Å². The van der Waals surface area contributed by atoms with Crippen molar-refractivity contribution in [3.05, 3.63) is 0 Å². The topological polar surface area (TPSA) is 53.3 Å². The van der Waals surface area contributed by atoms with Crippen molar-refractivity contribution in [2.45, 2.75) is 26.7 Å². The standard InChI is InChI=1S/C9H14N2O2S/c1-3-5-13-9(12)6-8(14)11(4-2)7-10/h3-6H2,1-2H3. The van der Waals surface area contributed by atoms with E-state index < -0.39 is 0 Å². The molecule has 0 unspecified atom stereocenters. The summed E-state index contributed by atoms with van der Waals surface area (Å²) in [5.41, 5.74) is 0. The molecule has 5 heteroatoms. The maximum absolute atomic E-state index is 11.1. The summed E-state index contributed by atoms with van der Waals surface area (Å²) in [7, 11) is 0. The molecule has 0 N–H and O–H groups in total. The van der Waals surface area contributed by atoms with Gasteiger partial charge in [-0.25, -0.2) is 0 Å². The molecule has 4 nitrogen and oxygen atoms in total. The second kappa shape index (κ2) is 7.27. The lowest BCUT2D eigenvalue weighted by Crippen LogP contribution is -2.26. The largest absolute Gasteiger partial charge is 0.465 e. The number of hydrogen-bond donors (Lipinski definition) is 0. The smallest absolute Gasteiger partial charge is 0.312 e. The number of nitrogens with zero attached hydrogens (tertiary/aromatic N) is 2. The summed E-state index contributed by atoms with van der Waals surface area (Å²) in [6.07, 6.45) is 2.69. The van der Waals surface area contributed by atoms with Crippen molar-refractivity contribution in [1.29, 1.82) is 5.26 Å². The highest BCUT2D eigenvalue weighted by atomic mass is 32.1. The third kappa shape index (κ3) is 4.77. The van der Waals surface area contributed by atoms with E-state index >= 15 is 0 Å². The molecule has 0 aromatic heterocycles. The number of carbonyl (C=O) groups excluding carboxylic acids is 1. The third-order valence-electron chi connectivity index (χ3n) is 1.50. The minimum Gasteiger partial charge on any atom is -0.465 e. The number of hydrogen-bond acceptors (Lipinski definition) is 4. The minimum absolute atomic E-state index is 0.0106. The van der Waals surface area contributed by atoms with E-state index in [1.54, 1.807) is 6.92 Å². The molecule has 78 valence electrons. The summed E-state index contributed by atoms with van der Waals surface area (Å²) in [5, 5.41) is 8.62. The molecule has 0 aliphatic rings. The molecule has 0 fully saturated rings. The number of carbonyl (C=O) groups is 1. The van der Waals surface area contributed by atoms with E-state index in [1.165, 1.54) is 4.90 Å². The van der Waals surface area contributed by atoms with Gasteiger partial charge in [-0.05, 0) is 13.3 Å². The van der Waals surface area contributed by atoms with Gasteiger partial charge in [-0.15, -0.1) is 0 Å². The van der Waals surface area contributed by atoms with Crippen LogP contribution >= 0.6 is 12.2 Å². The fourth-order valence-corrected chi connectivity index (χ4v) is 1.08. The lowest BCUT2D eigenvalue weighted by molar-refractivity contribution is -0.142. The highest BCUT2D eigenvalue weighted by Crippen LogP contribution is 1.98. The van der Waals surface area contributed by atoms with Crippen LogP contribution in [0.25, 0.3) is 0 Å². The van der Waals surface area contributed by atoms with Gasteiger partial charge in [0, 0.05) is 6.54 Å². The molecule has 14 heavy (non-hydrogen) atoms. The van der Waals surface area contributed by atoms with E-state index in [9.17, 15) is 4.79 Å². The fourth-order valence-electron chi connectivity index (χ4n) is 0.789. The maximum Gasteiger partial charge on any atom is 0.312 e. The van der Waals surface area contributed by atoms with E-state index in [0.717, 1.165) is 6.42 Å². The number of nitriles is 1. The molecule has 0 bridgehead atoms. The molecule has 0 aromatic rings. The van der Waals surface area contributed by atoms with E-state index in [0.29, 0.717) is 18.1 Å². The van der Waals surface area contributed by atoms with Crippen LogP contribution in [0.3, 0.4) is 0 Å². The minimum atomic E-state index is -0.370. The molecular formula is C9H14N2O2S. The summed E-state index contributed by atoms with van der Waals surface area (Å²) < 4.78 is 4.84. The Labute approximate surface area is 89.4 Å². The zero-order valence-corrected chi connectivity index (χ0v) is 9.26. The molecular weight excluding hydrogens is 200 g/mol. The monoisotopic (exact) mass is 214 g/mol. The van der Waals surface area contributed by atoms with Gasteiger partial charge < -0.3 is 4.74 Å². The molecule has 0 spiro atoms. The van der Waals surface area contributed by atoms with Crippen LogP contribution in [0.2, 0.25) is 0 Å². The Bertz CT molecular complexity index is 248. The second-order valence-corrected chi connectivity index (χ2v) is 3.11. The molecule has 0 aromatic carbocycles. The summed E-state index contributed by atoms with van der Waals surface area (Å²) in [6.45, 7) is 4.60. The average Bonchev–Trinajstić information content (AvgIpc) is 2.16. The quantitative estimate of drug-likeness (QED) is 0.300. The highest BCUT2D eigenvalue weighted by Gasteiger charge is 2.12. The van der Waals surface area contributed by atoms with Crippen LogP contribution in [-0.4, -0.2) is 29.0 Å². The van der Waals surface area contributed by atoms with Crippen LogP contribution in [0, 0.1) is 11.5 Å². The SMILES string of the molecule is CCCOC(=O)CC(=S)N(C#N)CC. The van der Waals surface area contributed by atoms with Gasteiger partial charge in [0.2, 0.25) is 0 Å². The van der Waals surface area contributed by atoms with Gasteiger partial charge in [0.15, 0.2) is 6.19 Å². The van der Waals surface area contributed by atoms with Crippen molar-refractivity contribution >= 4 is 23.2 Å². The molecule has 0 aliphatic carbocycles. The van der Waals surface area contributed by atoms with E-state index in [1.807, 2.05) is 13.1 Å². The molecule has 0 saturated heterocycles. The van der Waals surface area contributed by atoms with Gasteiger partial charge in [0.05, 0.1) is 13.0 Å². The predicted octanol–water partition coefficient (Wildman–Crippen LogP) is 1.46. The molecule has 0 radical (unpaired) electrons. The third-order valence-corrected chi connectivity index (χ3v) is 1.87. The van der Waals surface area contributed by atoms with Gasteiger partial charge in [-0.3, -0.25) is 9.69 Å². The number of esters is 1. The molecule has 0 heterocycles. The first-order valence-electron chi connectivity index (χ1n) is 4.51. The summed E-state index contributed by atoms with van der Waals surface area (Å²) in [6, 6.07) is 0. The molecule has 0 amide bonds.